The Morgan fingerprint density at radius 1 is 0.895 bits per heavy atom. The first-order valence-corrected chi connectivity index (χ1v) is 8.91. The standard InChI is InChI=1S/C16H23O2P/c1-2-6-14(7-3-1)12-13-19(17-15-8-4-9-15)18-16-10-5-11-16/h1-3,6-7,15-16H,4-5,8-13H2. The van der Waals surface area contributed by atoms with Gasteiger partial charge in [0.2, 0.25) is 0 Å². The first-order chi connectivity index (χ1) is 9.40. The summed E-state index contributed by atoms with van der Waals surface area (Å²) in [6.45, 7) is 0. The molecule has 2 fully saturated rings. The molecular weight excluding hydrogens is 255 g/mol. The molecule has 0 spiro atoms. The van der Waals surface area contributed by atoms with Crippen molar-refractivity contribution >= 4 is 8.38 Å². The lowest BCUT2D eigenvalue weighted by Crippen LogP contribution is -2.24. The van der Waals surface area contributed by atoms with E-state index in [2.05, 4.69) is 30.3 Å². The molecule has 0 radical (unpaired) electrons. The van der Waals surface area contributed by atoms with Crippen molar-refractivity contribution in [2.24, 2.45) is 0 Å². The van der Waals surface area contributed by atoms with Crippen LogP contribution in [-0.4, -0.2) is 18.4 Å². The van der Waals surface area contributed by atoms with E-state index in [1.165, 1.54) is 44.1 Å². The van der Waals surface area contributed by atoms with Crippen molar-refractivity contribution in [2.75, 3.05) is 6.16 Å². The highest BCUT2D eigenvalue weighted by Crippen LogP contribution is 2.47. The van der Waals surface area contributed by atoms with Gasteiger partial charge in [0.25, 0.3) is 0 Å². The maximum Gasteiger partial charge on any atom is 0.171 e. The fourth-order valence-corrected chi connectivity index (χ4v) is 4.07. The molecule has 2 aliphatic rings. The average molecular weight is 278 g/mol. The predicted octanol–water partition coefficient (Wildman–Crippen LogP) is 4.68. The molecule has 0 saturated heterocycles. The van der Waals surface area contributed by atoms with Gasteiger partial charge in [-0.05, 0) is 50.5 Å². The molecule has 104 valence electrons. The zero-order chi connectivity index (χ0) is 12.9. The second kappa shape index (κ2) is 6.83. The monoisotopic (exact) mass is 278 g/mol. The van der Waals surface area contributed by atoms with Gasteiger partial charge in [-0.1, -0.05) is 30.3 Å². The van der Waals surface area contributed by atoms with Crippen molar-refractivity contribution in [3.63, 3.8) is 0 Å². The van der Waals surface area contributed by atoms with E-state index in [1.807, 2.05) is 0 Å². The molecule has 0 atom stereocenters. The minimum atomic E-state index is -0.672. The van der Waals surface area contributed by atoms with Crippen molar-refractivity contribution in [1.29, 1.82) is 0 Å². The topological polar surface area (TPSA) is 18.5 Å². The van der Waals surface area contributed by atoms with Crippen LogP contribution in [0, 0.1) is 0 Å². The van der Waals surface area contributed by atoms with Crippen molar-refractivity contribution < 1.29 is 9.05 Å². The van der Waals surface area contributed by atoms with E-state index in [9.17, 15) is 0 Å². The molecule has 0 N–H and O–H groups in total. The molecule has 0 amide bonds. The van der Waals surface area contributed by atoms with Crippen LogP contribution in [0.15, 0.2) is 30.3 Å². The molecule has 0 bridgehead atoms. The molecule has 1 aromatic carbocycles. The summed E-state index contributed by atoms with van der Waals surface area (Å²) < 4.78 is 12.3. The van der Waals surface area contributed by atoms with Crippen LogP contribution in [0.5, 0.6) is 0 Å². The summed E-state index contributed by atoms with van der Waals surface area (Å²) in [7, 11) is -0.672. The Labute approximate surface area is 117 Å². The zero-order valence-corrected chi connectivity index (χ0v) is 12.4. The van der Waals surface area contributed by atoms with E-state index in [4.69, 9.17) is 9.05 Å². The number of aryl methyl sites for hydroxylation is 1. The van der Waals surface area contributed by atoms with E-state index in [0.717, 1.165) is 12.6 Å². The predicted molar refractivity (Wildman–Crippen MR) is 79.4 cm³/mol. The fraction of sp³-hybridized carbons (Fsp3) is 0.625. The number of rotatable bonds is 7. The van der Waals surface area contributed by atoms with Crippen molar-refractivity contribution in [3.05, 3.63) is 35.9 Å². The van der Waals surface area contributed by atoms with Gasteiger partial charge < -0.3 is 9.05 Å². The molecule has 3 rings (SSSR count). The third-order valence-electron chi connectivity index (χ3n) is 4.06. The van der Waals surface area contributed by atoms with Gasteiger partial charge in [-0.25, -0.2) is 0 Å². The number of hydrogen-bond donors (Lipinski definition) is 0. The lowest BCUT2D eigenvalue weighted by Gasteiger charge is -2.34. The SMILES string of the molecule is c1ccc(CCP(OC2CCC2)OC2CCC2)cc1. The van der Waals surface area contributed by atoms with Crippen molar-refractivity contribution in [2.45, 2.75) is 57.2 Å². The maximum absolute atomic E-state index is 6.16. The lowest BCUT2D eigenvalue weighted by molar-refractivity contribution is 0.0703. The second-order valence-electron chi connectivity index (χ2n) is 5.61. The average Bonchev–Trinajstić information content (AvgIpc) is 2.35. The molecule has 2 saturated carbocycles. The summed E-state index contributed by atoms with van der Waals surface area (Å²) in [6.07, 6.45) is 10.7. The quantitative estimate of drug-likeness (QED) is 0.674. The van der Waals surface area contributed by atoms with E-state index in [0.29, 0.717) is 12.2 Å². The molecule has 0 heterocycles. The van der Waals surface area contributed by atoms with E-state index in [-0.39, 0.29) is 0 Å². The first-order valence-electron chi connectivity index (χ1n) is 7.55. The smallest absolute Gasteiger partial charge is 0.171 e. The molecule has 0 aliphatic heterocycles. The minimum absolute atomic E-state index is 0.488. The fourth-order valence-electron chi connectivity index (χ4n) is 2.28. The maximum atomic E-state index is 6.16. The minimum Gasteiger partial charge on any atom is -0.331 e. The number of benzene rings is 1. The Morgan fingerprint density at radius 2 is 1.47 bits per heavy atom. The third-order valence-corrected chi connectivity index (χ3v) is 5.72. The number of hydrogen-bond acceptors (Lipinski definition) is 2. The van der Waals surface area contributed by atoms with Crippen LogP contribution >= 0.6 is 8.38 Å². The van der Waals surface area contributed by atoms with E-state index < -0.39 is 8.38 Å². The summed E-state index contributed by atoms with van der Waals surface area (Å²) in [6, 6.07) is 10.7. The Bertz CT molecular complexity index is 358. The molecule has 19 heavy (non-hydrogen) atoms. The summed E-state index contributed by atoms with van der Waals surface area (Å²) in [4.78, 5) is 0. The zero-order valence-electron chi connectivity index (χ0n) is 11.5. The van der Waals surface area contributed by atoms with Crippen LogP contribution in [0.2, 0.25) is 0 Å². The molecule has 2 nitrogen and oxygen atoms in total. The summed E-state index contributed by atoms with van der Waals surface area (Å²) >= 11 is 0. The molecule has 3 heteroatoms. The summed E-state index contributed by atoms with van der Waals surface area (Å²) in [5.41, 5.74) is 1.39. The normalized spacial score (nSPS) is 20.3. The van der Waals surface area contributed by atoms with Gasteiger partial charge in [-0.2, -0.15) is 0 Å². The Kier molecular flexibility index (Phi) is 4.87. The molecule has 1 aromatic rings. The van der Waals surface area contributed by atoms with Gasteiger partial charge >= 0.3 is 0 Å². The summed E-state index contributed by atoms with van der Waals surface area (Å²) in [5, 5.41) is 0. The summed E-state index contributed by atoms with van der Waals surface area (Å²) in [5.74, 6) is 0. The van der Waals surface area contributed by atoms with E-state index in [1.54, 1.807) is 0 Å². The first kappa shape index (κ1) is 13.5. The molecule has 0 unspecified atom stereocenters. The van der Waals surface area contributed by atoms with Crippen LogP contribution < -0.4 is 0 Å². The Balaban J connectivity index is 1.48. The van der Waals surface area contributed by atoms with Crippen molar-refractivity contribution in [3.8, 4) is 0 Å². The molecule has 0 aromatic heterocycles. The third kappa shape index (κ3) is 4.02. The van der Waals surface area contributed by atoms with Crippen LogP contribution in [-0.2, 0) is 15.5 Å². The highest BCUT2D eigenvalue weighted by Gasteiger charge is 2.28. The highest BCUT2D eigenvalue weighted by molar-refractivity contribution is 7.47. The van der Waals surface area contributed by atoms with Crippen LogP contribution in [0.3, 0.4) is 0 Å². The van der Waals surface area contributed by atoms with Gasteiger partial charge in [0.05, 0.1) is 12.2 Å². The van der Waals surface area contributed by atoms with Crippen molar-refractivity contribution in [1.82, 2.24) is 0 Å². The van der Waals surface area contributed by atoms with Gasteiger partial charge in [0.1, 0.15) is 0 Å². The Morgan fingerprint density at radius 3 is 1.95 bits per heavy atom. The molecule has 2 aliphatic carbocycles. The lowest BCUT2D eigenvalue weighted by atomic mass is 9.97. The van der Waals surface area contributed by atoms with Crippen LogP contribution in [0.1, 0.15) is 44.1 Å². The largest absolute Gasteiger partial charge is 0.331 e. The Hall–Kier alpha value is -0.430. The van der Waals surface area contributed by atoms with Gasteiger partial charge in [-0.15, -0.1) is 0 Å². The van der Waals surface area contributed by atoms with Crippen LogP contribution in [0.4, 0.5) is 0 Å². The molecular formula is C16H23O2P. The van der Waals surface area contributed by atoms with Gasteiger partial charge in [0, 0.05) is 6.16 Å². The van der Waals surface area contributed by atoms with Crippen LogP contribution in [0.25, 0.3) is 0 Å². The second-order valence-corrected chi connectivity index (χ2v) is 7.14. The highest BCUT2D eigenvalue weighted by atomic mass is 31.2. The van der Waals surface area contributed by atoms with E-state index >= 15 is 0 Å². The van der Waals surface area contributed by atoms with Gasteiger partial charge in [0.15, 0.2) is 8.38 Å². The van der Waals surface area contributed by atoms with Gasteiger partial charge in [-0.3, -0.25) is 0 Å².